The number of pyridine rings is 1. The Kier molecular flexibility index (Phi) is 2.69. The van der Waals surface area contributed by atoms with Gasteiger partial charge in [0.05, 0.1) is 0 Å². The Labute approximate surface area is 105 Å². The van der Waals surface area contributed by atoms with Gasteiger partial charge >= 0.3 is 0 Å². The molecule has 88 valence electrons. The first kappa shape index (κ1) is 10.8. The lowest BCUT2D eigenvalue weighted by molar-refractivity contribution is 1.17. The summed E-state index contributed by atoms with van der Waals surface area (Å²) in [6, 6.07) is 19.8. The van der Waals surface area contributed by atoms with Gasteiger partial charge in [-0.05, 0) is 23.6 Å². The second kappa shape index (κ2) is 4.49. The van der Waals surface area contributed by atoms with Gasteiger partial charge in [0, 0.05) is 17.0 Å². The number of fused-ring (bicyclic) bond motifs is 1. The quantitative estimate of drug-likeness (QED) is 0.727. The number of para-hydroxylation sites is 1. The summed E-state index contributed by atoms with van der Waals surface area (Å²) in [6.07, 6.45) is 0.783. The zero-order valence-corrected chi connectivity index (χ0v) is 9.89. The highest BCUT2D eigenvalue weighted by Gasteiger charge is 2.03. The van der Waals surface area contributed by atoms with E-state index in [1.54, 1.807) is 6.07 Å². The maximum Gasteiger partial charge on any atom is 0.248 e. The fourth-order valence-electron chi connectivity index (χ4n) is 2.24. The van der Waals surface area contributed by atoms with Crippen LogP contribution in [0.2, 0.25) is 0 Å². The molecule has 3 aromatic rings. The maximum atomic E-state index is 11.6. The second-order valence-corrected chi connectivity index (χ2v) is 4.37. The molecule has 0 fully saturated rings. The van der Waals surface area contributed by atoms with E-state index >= 15 is 0 Å². The predicted octanol–water partition coefficient (Wildman–Crippen LogP) is 3.12. The molecule has 1 aromatic heterocycles. The Morgan fingerprint density at radius 3 is 2.44 bits per heavy atom. The minimum absolute atomic E-state index is 0.0420. The van der Waals surface area contributed by atoms with E-state index in [4.69, 9.17) is 0 Å². The van der Waals surface area contributed by atoms with E-state index in [0.29, 0.717) is 0 Å². The van der Waals surface area contributed by atoms with Gasteiger partial charge in [-0.25, -0.2) is 0 Å². The van der Waals surface area contributed by atoms with Crippen molar-refractivity contribution in [3.8, 4) is 0 Å². The standard InChI is InChI=1S/C16H13NO/c18-16-11-13(10-12-6-2-1-3-7-12)14-8-4-5-9-15(14)17-16/h1-9,11H,10H2,(H,17,18). The second-order valence-electron chi connectivity index (χ2n) is 4.37. The predicted molar refractivity (Wildman–Crippen MR) is 73.8 cm³/mol. The van der Waals surface area contributed by atoms with Gasteiger partial charge in [0.15, 0.2) is 0 Å². The lowest BCUT2D eigenvalue weighted by atomic mass is 10.0. The molecule has 0 spiro atoms. The van der Waals surface area contributed by atoms with Crippen LogP contribution in [0.1, 0.15) is 11.1 Å². The highest BCUT2D eigenvalue weighted by atomic mass is 16.1. The van der Waals surface area contributed by atoms with Crippen molar-refractivity contribution < 1.29 is 0 Å². The molecular weight excluding hydrogens is 222 g/mol. The Morgan fingerprint density at radius 2 is 1.61 bits per heavy atom. The van der Waals surface area contributed by atoms with Crippen LogP contribution in [0.25, 0.3) is 10.9 Å². The van der Waals surface area contributed by atoms with E-state index in [1.807, 2.05) is 42.5 Å². The van der Waals surface area contributed by atoms with Gasteiger partial charge in [-0.1, -0.05) is 48.5 Å². The molecule has 0 bridgehead atoms. The van der Waals surface area contributed by atoms with Gasteiger partial charge in [0.1, 0.15) is 0 Å². The maximum absolute atomic E-state index is 11.6. The lowest BCUT2D eigenvalue weighted by Crippen LogP contribution is -2.06. The van der Waals surface area contributed by atoms with Gasteiger partial charge in [0.25, 0.3) is 0 Å². The molecule has 0 aliphatic heterocycles. The van der Waals surface area contributed by atoms with E-state index in [2.05, 4.69) is 17.1 Å². The lowest BCUT2D eigenvalue weighted by Gasteiger charge is -2.06. The smallest absolute Gasteiger partial charge is 0.248 e. The first-order valence-electron chi connectivity index (χ1n) is 5.98. The third kappa shape index (κ3) is 2.05. The Hall–Kier alpha value is -2.35. The fourth-order valence-corrected chi connectivity index (χ4v) is 2.24. The summed E-state index contributed by atoms with van der Waals surface area (Å²) >= 11 is 0. The minimum Gasteiger partial charge on any atom is -0.322 e. The minimum atomic E-state index is -0.0420. The molecule has 0 aliphatic carbocycles. The molecule has 0 unspecified atom stereocenters. The van der Waals surface area contributed by atoms with Gasteiger partial charge in [-0.15, -0.1) is 0 Å². The molecule has 3 rings (SSSR count). The molecule has 0 radical (unpaired) electrons. The molecule has 2 heteroatoms. The van der Waals surface area contributed by atoms with Gasteiger partial charge in [-0.3, -0.25) is 4.79 Å². The molecule has 1 heterocycles. The van der Waals surface area contributed by atoms with E-state index in [0.717, 1.165) is 22.9 Å². The van der Waals surface area contributed by atoms with Crippen LogP contribution in [-0.4, -0.2) is 4.98 Å². The molecular formula is C16H13NO. The third-order valence-electron chi connectivity index (χ3n) is 3.07. The van der Waals surface area contributed by atoms with Crippen LogP contribution >= 0.6 is 0 Å². The highest BCUT2D eigenvalue weighted by molar-refractivity contribution is 5.82. The Morgan fingerprint density at radius 1 is 0.889 bits per heavy atom. The van der Waals surface area contributed by atoms with E-state index in [1.165, 1.54) is 5.56 Å². The molecule has 18 heavy (non-hydrogen) atoms. The number of aromatic amines is 1. The topological polar surface area (TPSA) is 32.9 Å². The third-order valence-corrected chi connectivity index (χ3v) is 3.07. The number of aromatic nitrogens is 1. The average molecular weight is 235 g/mol. The highest BCUT2D eigenvalue weighted by Crippen LogP contribution is 2.17. The van der Waals surface area contributed by atoms with Gasteiger partial charge < -0.3 is 4.98 Å². The van der Waals surface area contributed by atoms with Crippen molar-refractivity contribution in [2.75, 3.05) is 0 Å². The zero-order valence-electron chi connectivity index (χ0n) is 9.89. The molecule has 1 N–H and O–H groups in total. The summed E-state index contributed by atoms with van der Waals surface area (Å²) in [5.74, 6) is 0. The van der Waals surface area contributed by atoms with Crippen molar-refractivity contribution in [2.24, 2.45) is 0 Å². The van der Waals surface area contributed by atoms with Crippen molar-refractivity contribution in [3.05, 3.63) is 82.1 Å². The van der Waals surface area contributed by atoms with Crippen LogP contribution in [0.4, 0.5) is 0 Å². The van der Waals surface area contributed by atoms with Gasteiger partial charge in [0.2, 0.25) is 5.56 Å². The van der Waals surface area contributed by atoms with Crippen LogP contribution in [0.5, 0.6) is 0 Å². The molecule has 0 amide bonds. The van der Waals surface area contributed by atoms with E-state index in [9.17, 15) is 4.79 Å². The number of hydrogen-bond donors (Lipinski definition) is 1. The number of benzene rings is 2. The fraction of sp³-hybridized carbons (Fsp3) is 0.0625. The van der Waals surface area contributed by atoms with Gasteiger partial charge in [-0.2, -0.15) is 0 Å². The summed E-state index contributed by atoms with van der Waals surface area (Å²) < 4.78 is 0. The Bertz CT molecular complexity index is 729. The first-order valence-corrected chi connectivity index (χ1v) is 5.98. The normalized spacial score (nSPS) is 10.7. The molecule has 0 saturated carbocycles. The monoisotopic (exact) mass is 235 g/mol. The summed E-state index contributed by atoms with van der Waals surface area (Å²) in [7, 11) is 0. The van der Waals surface area contributed by atoms with Crippen molar-refractivity contribution in [3.63, 3.8) is 0 Å². The summed E-state index contributed by atoms with van der Waals surface area (Å²) in [4.78, 5) is 14.5. The SMILES string of the molecule is O=c1cc(Cc2ccccc2)c2ccccc2[nH]1. The van der Waals surface area contributed by atoms with E-state index < -0.39 is 0 Å². The number of nitrogens with one attached hydrogen (secondary N) is 1. The average Bonchev–Trinajstić information content (AvgIpc) is 2.40. The van der Waals surface area contributed by atoms with Crippen LogP contribution < -0.4 is 5.56 Å². The van der Waals surface area contributed by atoms with Crippen LogP contribution in [0.3, 0.4) is 0 Å². The van der Waals surface area contributed by atoms with Crippen LogP contribution in [-0.2, 0) is 6.42 Å². The van der Waals surface area contributed by atoms with Crippen molar-refractivity contribution in [1.82, 2.24) is 4.98 Å². The first-order chi connectivity index (χ1) is 8.83. The number of rotatable bonds is 2. The molecule has 0 saturated heterocycles. The largest absolute Gasteiger partial charge is 0.322 e. The molecule has 0 aliphatic rings. The molecule has 0 atom stereocenters. The molecule has 2 nitrogen and oxygen atoms in total. The molecule has 2 aromatic carbocycles. The van der Waals surface area contributed by atoms with Crippen molar-refractivity contribution in [1.29, 1.82) is 0 Å². The van der Waals surface area contributed by atoms with E-state index in [-0.39, 0.29) is 5.56 Å². The number of hydrogen-bond acceptors (Lipinski definition) is 1. The summed E-state index contributed by atoms with van der Waals surface area (Å²) in [5, 5.41) is 1.11. The number of H-pyrrole nitrogens is 1. The zero-order chi connectivity index (χ0) is 12.4. The Balaban J connectivity index is 2.14. The summed E-state index contributed by atoms with van der Waals surface area (Å²) in [5.41, 5.74) is 3.14. The van der Waals surface area contributed by atoms with Crippen molar-refractivity contribution >= 4 is 10.9 Å². The van der Waals surface area contributed by atoms with Crippen LogP contribution in [0.15, 0.2) is 65.5 Å². The van der Waals surface area contributed by atoms with Crippen LogP contribution in [0, 0.1) is 0 Å². The summed E-state index contributed by atoms with van der Waals surface area (Å²) in [6.45, 7) is 0. The van der Waals surface area contributed by atoms with Crippen molar-refractivity contribution in [2.45, 2.75) is 6.42 Å².